The number of benzene rings is 2. The number of nitrogens with zero attached hydrogens (tertiary/aromatic N) is 1. The van der Waals surface area contributed by atoms with Gasteiger partial charge in [-0.05, 0) is 58.7 Å². The smallest absolute Gasteiger partial charge is 0.260 e. The summed E-state index contributed by atoms with van der Waals surface area (Å²) in [5.41, 5.74) is 3.01. The van der Waals surface area contributed by atoms with Crippen LogP contribution in [0.2, 0.25) is 0 Å². The van der Waals surface area contributed by atoms with Crippen LogP contribution in [0.5, 0.6) is 5.75 Å². The summed E-state index contributed by atoms with van der Waals surface area (Å²) < 4.78 is 47.4. The van der Waals surface area contributed by atoms with Crippen molar-refractivity contribution in [2.24, 2.45) is 0 Å². The number of rotatable bonds is 6. The summed E-state index contributed by atoms with van der Waals surface area (Å²) in [6.07, 6.45) is 1.13. The Bertz CT molecular complexity index is 937. The summed E-state index contributed by atoms with van der Waals surface area (Å²) in [6.45, 7) is 1.71. The van der Waals surface area contributed by atoms with Crippen LogP contribution in [-0.2, 0) is 28.9 Å². The number of amides is 1. The molecule has 0 spiro atoms. The van der Waals surface area contributed by atoms with Crippen molar-refractivity contribution in [1.29, 1.82) is 0 Å². The number of carbonyl (C=O) groups excluding carboxylic acids is 1. The fourth-order valence-corrected chi connectivity index (χ4v) is 4.58. The van der Waals surface area contributed by atoms with E-state index in [1.807, 2.05) is 19.1 Å². The molecule has 0 radical (unpaired) electrons. The molecule has 28 heavy (non-hydrogen) atoms. The van der Waals surface area contributed by atoms with Crippen LogP contribution in [0.15, 0.2) is 36.4 Å². The highest BCUT2D eigenvalue weighted by molar-refractivity contribution is 8.24. The minimum absolute atomic E-state index is 0.114. The number of phenolic OH excluding ortho intramolecular Hbond substituents is 1. The Labute approximate surface area is 166 Å². The van der Waals surface area contributed by atoms with Gasteiger partial charge >= 0.3 is 0 Å². The van der Waals surface area contributed by atoms with E-state index in [1.54, 1.807) is 12.1 Å². The van der Waals surface area contributed by atoms with Crippen molar-refractivity contribution in [2.75, 3.05) is 15.6 Å². The van der Waals surface area contributed by atoms with Gasteiger partial charge in [0.15, 0.2) is 0 Å². The Balaban J connectivity index is 1.89. The number of hydrogen-bond acceptors (Lipinski definition) is 7. The molecule has 0 saturated carbocycles. The lowest BCUT2D eigenvalue weighted by Crippen LogP contribution is -2.25. The van der Waals surface area contributed by atoms with Crippen LogP contribution in [0.4, 0.5) is 11.4 Å². The molecule has 1 aliphatic rings. The van der Waals surface area contributed by atoms with Gasteiger partial charge in [0, 0.05) is 17.0 Å². The topological polar surface area (TPSA) is 145 Å². The minimum atomic E-state index is -3.52. The summed E-state index contributed by atoms with van der Waals surface area (Å²) in [5.74, 6) is -0.774. The quantitative estimate of drug-likeness (QED) is 0.445. The van der Waals surface area contributed by atoms with Gasteiger partial charge in [0.25, 0.3) is 5.91 Å². The lowest BCUT2D eigenvalue weighted by Gasteiger charge is -2.36. The van der Waals surface area contributed by atoms with Gasteiger partial charge in [-0.2, -0.15) is 0 Å². The molecule has 1 heterocycles. The molecule has 2 aromatic carbocycles. The van der Waals surface area contributed by atoms with Gasteiger partial charge in [-0.1, -0.05) is 25.1 Å². The Kier molecular flexibility index (Phi) is 5.82. The molecule has 1 atom stereocenters. The molecular formula is C17H20N3O6S2-. The lowest BCUT2D eigenvalue weighted by atomic mass is 9.99. The van der Waals surface area contributed by atoms with E-state index in [4.69, 9.17) is 0 Å². The lowest BCUT2D eigenvalue weighted by molar-refractivity contribution is -0.117. The second kappa shape index (κ2) is 7.97. The molecule has 1 saturated heterocycles. The summed E-state index contributed by atoms with van der Waals surface area (Å²) in [4.78, 5) is 11.5. The molecule has 152 valence electrons. The highest BCUT2D eigenvalue weighted by Crippen LogP contribution is 2.48. The molecule has 1 amide bonds. The highest BCUT2D eigenvalue weighted by atomic mass is 32.3. The first kappa shape index (κ1) is 20.4. The standard InChI is InChI=1S/C17H21N3O6S2/c1-2-11-3-5-14(18-27(23)24)13(7-11)8-12-4-6-15(16(21)9-12)20-10-17(22)19-28(20,25)26/h3-7,9,18,21,25-26H,2,8,10H2,1H3,(H,19,22)(H,23,24)/p-1. The van der Waals surface area contributed by atoms with Crippen LogP contribution in [0, 0.1) is 0 Å². The van der Waals surface area contributed by atoms with Gasteiger partial charge in [-0.3, -0.25) is 18.1 Å². The number of aryl methyl sites for hydroxylation is 1. The van der Waals surface area contributed by atoms with Gasteiger partial charge in [-0.15, -0.1) is 0 Å². The van der Waals surface area contributed by atoms with Crippen molar-refractivity contribution in [2.45, 2.75) is 19.8 Å². The number of nitrogens with one attached hydrogen (secondary N) is 2. The molecule has 11 heteroatoms. The third-order valence-corrected chi connectivity index (χ3v) is 6.15. The molecule has 9 nitrogen and oxygen atoms in total. The van der Waals surface area contributed by atoms with Crippen LogP contribution >= 0.6 is 11.0 Å². The van der Waals surface area contributed by atoms with Crippen LogP contribution in [-0.4, -0.2) is 35.4 Å². The number of phenols is 1. The van der Waals surface area contributed by atoms with Crippen molar-refractivity contribution in [1.82, 2.24) is 4.72 Å². The molecule has 5 N–H and O–H groups in total. The first-order valence-electron chi connectivity index (χ1n) is 8.35. The molecule has 1 unspecified atom stereocenters. The monoisotopic (exact) mass is 426 g/mol. The van der Waals surface area contributed by atoms with Crippen molar-refractivity contribution in [3.05, 3.63) is 53.1 Å². The molecular weight excluding hydrogens is 406 g/mol. The van der Waals surface area contributed by atoms with E-state index in [0.29, 0.717) is 17.7 Å². The average Bonchev–Trinajstić information content (AvgIpc) is 2.88. The molecule has 1 fully saturated rings. The SMILES string of the molecule is CCc1ccc(NS(=O)[O-])c(Cc2ccc(N3CC(=O)NS3(O)O)c(O)c2)c1. The number of carbonyl (C=O) groups is 1. The number of aromatic hydroxyl groups is 1. The first-order valence-corrected chi connectivity index (χ1v) is 10.9. The average molecular weight is 426 g/mol. The molecule has 0 bridgehead atoms. The molecule has 0 aromatic heterocycles. The van der Waals surface area contributed by atoms with E-state index >= 15 is 0 Å². The molecule has 1 aliphatic heterocycles. The molecule has 0 aliphatic carbocycles. The Morgan fingerprint density at radius 2 is 1.96 bits per heavy atom. The second-order valence-corrected chi connectivity index (χ2v) is 8.62. The maximum absolute atomic E-state index is 11.5. The van der Waals surface area contributed by atoms with Crippen LogP contribution in [0.1, 0.15) is 23.6 Å². The summed E-state index contributed by atoms with van der Waals surface area (Å²) in [5, 5.41) is 10.4. The normalized spacial score (nSPS) is 17.9. The predicted octanol–water partition coefficient (Wildman–Crippen LogP) is 2.27. The summed E-state index contributed by atoms with van der Waals surface area (Å²) >= 11 is -2.46. The largest absolute Gasteiger partial charge is 0.755 e. The fraction of sp³-hybridized carbons (Fsp3) is 0.235. The van der Waals surface area contributed by atoms with Gasteiger partial charge in [0.1, 0.15) is 18.0 Å². The minimum Gasteiger partial charge on any atom is -0.755 e. The maximum Gasteiger partial charge on any atom is 0.260 e. The zero-order chi connectivity index (χ0) is 20.5. The number of hydrogen-bond donors (Lipinski definition) is 5. The van der Waals surface area contributed by atoms with E-state index in [0.717, 1.165) is 21.9 Å². The van der Waals surface area contributed by atoms with Gasteiger partial charge in [0.05, 0.1) is 0 Å². The fourth-order valence-electron chi connectivity index (χ4n) is 3.00. The third kappa shape index (κ3) is 4.39. The van der Waals surface area contributed by atoms with E-state index in [9.17, 15) is 27.8 Å². The van der Waals surface area contributed by atoms with E-state index in [-0.39, 0.29) is 18.0 Å². The molecule has 3 rings (SSSR count). The zero-order valence-corrected chi connectivity index (χ0v) is 16.5. The zero-order valence-electron chi connectivity index (χ0n) is 14.9. The van der Waals surface area contributed by atoms with Crippen molar-refractivity contribution in [3.8, 4) is 5.75 Å². The highest BCUT2D eigenvalue weighted by Gasteiger charge is 2.35. The third-order valence-electron chi connectivity index (χ3n) is 4.32. The van der Waals surface area contributed by atoms with Gasteiger partial charge < -0.3 is 14.4 Å². The van der Waals surface area contributed by atoms with Crippen molar-refractivity contribution < 1.29 is 27.8 Å². The Morgan fingerprint density at radius 1 is 1.25 bits per heavy atom. The Hall–Kier alpha value is -2.31. The second-order valence-electron chi connectivity index (χ2n) is 6.26. The Morgan fingerprint density at radius 3 is 2.54 bits per heavy atom. The van der Waals surface area contributed by atoms with Crippen molar-refractivity contribution in [3.63, 3.8) is 0 Å². The molecule has 2 aromatic rings. The van der Waals surface area contributed by atoms with Crippen LogP contribution in [0.25, 0.3) is 0 Å². The van der Waals surface area contributed by atoms with Crippen LogP contribution < -0.4 is 13.7 Å². The number of anilines is 2. The van der Waals surface area contributed by atoms with E-state index in [1.165, 1.54) is 12.1 Å². The summed E-state index contributed by atoms with van der Waals surface area (Å²) in [6, 6.07) is 10.0. The maximum atomic E-state index is 11.5. The van der Waals surface area contributed by atoms with Gasteiger partial charge in [-0.25, -0.2) is 9.03 Å². The van der Waals surface area contributed by atoms with E-state index < -0.39 is 28.1 Å². The van der Waals surface area contributed by atoms with Crippen molar-refractivity contribution >= 4 is 39.5 Å². The summed E-state index contributed by atoms with van der Waals surface area (Å²) in [7, 11) is -3.52. The van der Waals surface area contributed by atoms with Crippen LogP contribution in [0.3, 0.4) is 0 Å². The van der Waals surface area contributed by atoms with E-state index in [2.05, 4.69) is 9.44 Å². The predicted molar refractivity (Wildman–Crippen MR) is 108 cm³/mol. The first-order chi connectivity index (χ1) is 13.2. The van der Waals surface area contributed by atoms with Gasteiger partial charge in [0.2, 0.25) is 0 Å².